The maximum atomic E-state index is 14.4. The van der Waals surface area contributed by atoms with Gasteiger partial charge in [-0.1, -0.05) is 42.5 Å². The Morgan fingerprint density at radius 1 is 0.738 bits per heavy atom. The lowest BCUT2D eigenvalue weighted by Gasteiger charge is -2.33. The quantitative estimate of drug-likeness (QED) is 0.251. The van der Waals surface area contributed by atoms with Gasteiger partial charge in [0, 0.05) is 12.7 Å². The van der Waals surface area contributed by atoms with Crippen LogP contribution >= 0.6 is 0 Å². The zero-order chi connectivity index (χ0) is 29.1. The molecule has 0 bridgehead atoms. The van der Waals surface area contributed by atoms with E-state index in [4.69, 9.17) is 4.99 Å². The second-order valence-electron chi connectivity index (χ2n) is 10.9. The van der Waals surface area contributed by atoms with Crippen molar-refractivity contribution in [3.8, 4) is 0 Å². The molecule has 8 heteroatoms. The first kappa shape index (κ1) is 27.8. The molecule has 42 heavy (non-hydrogen) atoms. The van der Waals surface area contributed by atoms with Crippen molar-refractivity contribution in [3.05, 3.63) is 137 Å². The maximum absolute atomic E-state index is 14.4. The van der Waals surface area contributed by atoms with Gasteiger partial charge in [-0.25, -0.2) is 18.2 Å². The van der Waals surface area contributed by atoms with Gasteiger partial charge in [-0.05, 0) is 110 Å². The largest absolute Gasteiger partial charge is 0.303 e. The van der Waals surface area contributed by atoms with Gasteiger partial charge in [0.15, 0.2) is 11.4 Å². The van der Waals surface area contributed by atoms with Crippen molar-refractivity contribution in [2.75, 3.05) is 26.2 Å². The molecule has 5 nitrogen and oxygen atoms in total. The highest BCUT2D eigenvalue weighted by Gasteiger charge is 2.51. The van der Waals surface area contributed by atoms with E-state index in [-0.39, 0.29) is 11.7 Å². The molecular formula is C34H31F3N4O. The molecule has 1 fully saturated rings. The number of benzene rings is 3. The number of likely N-dealkylation sites (tertiary alicyclic amines) is 1. The zero-order valence-electron chi connectivity index (χ0n) is 23.1. The molecule has 1 amide bonds. The van der Waals surface area contributed by atoms with Gasteiger partial charge in [0.1, 0.15) is 23.1 Å². The lowest BCUT2D eigenvalue weighted by Crippen LogP contribution is -2.43. The third-order valence-electron chi connectivity index (χ3n) is 8.29. The van der Waals surface area contributed by atoms with Crippen LogP contribution in [0.2, 0.25) is 0 Å². The lowest BCUT2D eigenvalue weighted by molar-refractivity contribution is -0.130. The summed E-state index contributed by atoms with van der Waals surface area (Å²) < 4.78 is 41.2. The van der Waals surface area contributed by atoms with Crippen LogP contribution in [-0.2, 0) is 10.3 Å². The van der Waals surface area contributed by atoms with Crippen molar-refractivity contribution in [1.29, 1.82) is 0 Å². The topological polar surface area (TPSA) is 48.8 Å². The molecule has 0 unspecified atom stereocenters. The number of rotatable bonds is 8. The number of amidine groups is 1. The Hall–Kier alpha value is -4.30. The predicted molar refractivity (Wildman–Crippen MR) is 155 cm³/mol. The average molecular weight is 569 g/mol. The number of carbonyl (C=O) groups excluding carboxylic acids is 1. The molecule has 0 saturated carbocycles. The third kappa shape index (κ3) is 5.46. The van der Waals surface area contributed by atoms with E-state index in [1.807, 2.05) is 24.3 Å². The molecule has 1 saturated heterocycles. The first-order valence-electron chi connectivity index (χ1n) is 14.3. The fourth-order valence-electron chi connectivity index (χ4n) is 6.06. The maximum Gasteiger partial charge on any atom is 0.265 e. The summed E-state index contributed by atoms with van der Waals surface area (Å²) in [6.07, 6.45) is 4.35. The van der Waals surface area contributed by atoms with Crippen molar-refractivity contribution in [2.24, 2.45) is 4.99 Å². The highest BCUT2D eigenvalue weighted by Crippen LogP contribution is 2.41. The number of hydrogen-bond acceptors (Lipinski definition) is 4. The predicted octanol–water partition coefficient (Wildman–Crippen LogP) is 6.30. The monoisotopic (exact) mass is 568 g/mol. The van der Waals surface area contributed by atoms with Gasteiger partial charge >= 0.3 is 0 Å². The van der Waals surface area contributed by atoms with E-state index in [0.29, 0.717) is 41.5 Å². The second kappa shape index (κ2) is 11.9. The van der Waals surface area contributed by atoms with Crippen molar-refractivity contribution in [1.82, 2.24) is 14.8 Å². The number of aromatic nitrogens is 1. The van der Waals surface area contributed by atoms with E-state index in [1.165, 1.54) is 42.0 Å². The normalized spacial score (nSPS) is 17.5. The molecule has 4 aromatic rings. The van der Waals surface area contributed by atoms with Crippen LogP contribution in [0.25, 0.3) is 0 Å². The summed E-state index contributed by atoms with van der Waals surface area (Å²) in [6.45, 7) is 3.06. The molecule has 6 rings (SSSR count). The zero-order valence-corrected chi connectivity index (χ0v) is 23.1. The van der Waals surface area contributed by atoms with Crippen LogP contribution in [0, 0.1) is 17.5 Å². The number of aliphatic imine (C=N–C) groups is 1. The Labute approximate surface area is 243 Å². The van der Waals surface area contributed by atoms with Gasteiger partial charge in [-0.15, -0.1) is 0 Å². The van der Waals surface area contributed by atoms with Crippen LogP contribution < -0.4 is 0 Å². The summed E-state index contributed by atoms with van der Waals surface area (Å²) in [5, 5.41) is 0. The summed E-state index contributed by atoms with van der Waals surface area (Å²) in [5.41, 5.74) is 1.23. The molecule has 2 aliphatic rings. The van der Waals surface area contributed by atoms with E-state index >= 15 is 0 Å². The van der Waals surface area contributed by atoms with Gasteiger partial charge in [-0.3, -0.25) is 14.7 Å². The first-order valence-corrected chi connectivity index (χ1v) is 14.3. The molecule has 0 radical (unpaired) electrons. The standard InChI is InChI=1S/C34H31F3N4O/c35-28-11-5-24(6-12-28)25-17-22-40(23-18-25)20-3-21-41-32(31-4-1-2-19-38-31)39-34(33(41)42,26-7-13-29(36)14-8-26)27-9-15-30(37)16-10-27/h1-2,4-16,19,25H,3,17-18,20-23H2. The van der Waals surface area contributed by atoms with Crippen LogP contribution in [0.4, 0.5) is 13.2 Å². The molecule has 0 atom stereocenters. The third-order valence-corrected chi connectivity index (χ3v) is 8.29. The van der Waals surface area contributed by atoms with Crippen molar-refractivity contribution < 1.29 is 18.0 Å². The number of piperidine rings is 1. The minimum absolute atomic E-state index is 0.218. The molecule has 0 aliphatic carbocycles. The lowest BCUT2D eigenvalue weighted by atomic mass is 9.82. The molecule has 214 valence electrons. The van der Waals surface area contributed by atoms with Gasteiger partial charge in [0.05, 0.1) is 0 Å². The van der Waals surface area contributed by atoms with E-state index < -0.39 is 17.2 Å². The molecule has 2 aliphatic heterocycles. The Morgan fingerprint density at radius 2 is 1.31 bits per heavy atom. The van der Waals surface area contributed by atoms with Crippen LogP contribution in [0.1, 0.15) is 47.6 Å². The first-order chi connectivity index (χ1) is 20.4. The van der Waals surface area contributed by atoms with E-state index in [0.717, 1.165) is 32.5 Å². The average Bonchev–Trinajstić information content (AvgIpc) is 3.32. The van der Waals surface area contributed by atoms with Gasteiger partial charge in [-0.2, -0.15) is 0 Å². The summed E-state index contributed by atoms with van der Waals surface area (Å²) in [5.74, 6) is -0.499. The Balaban J connectivity index is 1.24. The fourth-order valence-corrected chi connectivity index (χ4v) is 6.06. The molecule has 0 spiro atoms. The summed E-state index contributed by atoms with van der Waals surface area (Å²) in [7, 11) is 0. The summed E-state index contributed by atoms with van der Waals surface area (Å²) >= 11 is 0. The van der Waals surface area contributed by atoms with Crippen molar-refractivity contribution >= 4 is 11.7 Å². The SMILES string of the molecule is O=C1N(CCCN2CCC(c3ccc(F)cc3)CC2)C(c2ccccn2)=NC1(c1ccc(F)cc1)c1ccc(F)cc1. The van der Waals surface area contributed by atoms with Gasteiger partial charge < -0.3 is 4.90 Å². The Kier molecular flexibility index (Phi) is 7.89. The molecule has 1 aromatic heterocycles. The van der Waals surface area contributed by atoms with E-state index in [1.54, 1.807) is 41.4 Å². The molecule has 3 aromatic carbocycles. The number of pyridine rings is 1. The molecular weight excluding hydrogens is 537 g/mol. The number of hydrogen-bond donors (Lipinski definition) is 0. The second-order valence-corrected chi connectivity index (χ2v) is 10.9. The molecule has 3 heterocycles. The Morgan fingerprint density at radius 3 is 1.86 bits per heavy atom. The van der Waals surface area contributed by atoms with E-state index in [2.05, 4.69) is 9.88 Å². The number of nitrogens with zero attached hydrogens (tertiary/aromatic N) is 4. The summed E-state index contributed by atoms with van der Waals surface area (Å²) in [4.78, 5) is 28.0. The van der Waals surface area contributed by atoms with E-state index in [9.17, 15) is 18.0 Å². The van der Waals surface area contributed by atoms with Crippen LogP contribution in [0.15, 0.2) is 102 Å². The van der Waals surface area contributed by atoms with Crippen LogP contribution in [0.3, 0.4) is 0 Å². The smallest absolute Gasteiger partial charge is 0.265 e. The van der Waals surface area contributed by atoms with Crippen molar-refractivity contribution in [2.45, 2.75) is 30.7 Å². The van der Waals surface area contributed by atoms with Gasteiger partial charge in [0.25, 0.3) is 5.91 Å². The fraction of sp³-hybridized carbons (Fsp3) is 0.265. The number of halogens is 3. The Bertz CT molecular complexity index is 1500. The van der Waals surface area contributed by atoms with Crippen LogP contribution in [0.5, 0.6) is 0 Å². The van der Waals surface area contributed by atoms with Crippen LogP contribution in [-0.4, -0.2) is 52.7 Å². The number of carbonyl (C=O) groups is 1. The van der Waals surface area contributed by atoms with Crippen molar-refractivity contribution in [3.63, 3.8) is 0 Å². The number of amides is 1. The minimum atomic E-state index is -1.50. The minimum Gasteiger partial charge on any atom is -0.303 e. The molecule has 0 N–H and O–H groups in total. The highest BCUT2D eigenvalue weighted by atomic mass is 19.1. The van der Waals surface area contributed by atoms with Gasteiger partial charge in [0.2, 0.25) is 0 Å². The highest BCUT2D eigenvalue weighted by molar-refractivity contribution is 6.16. The summed E-state index contributed by atoms with van der Waals surface area (Å²) in [6, 6.07) is 23.7.